The van der Waals surface area contributed by atoms with E-state index in [9.17, 15) is 4.79 Å². The maximum Gasteiger partial charge on any atom is 0.246 e. The van der Waals surface area contributed by atoms with Gasteiger partial charge in [-0.15, -0.1) is 0 Å². The molecule has 1 aromatic carbocycles. The fourth-order valence-electron chi connectivity index (χ4n) is 1.91. The highest BCUT2D eigenvalue weighted by molar-refractivity contribution is 9.10. The standard InChI is InChI=1S/C13H15BrO3/c1-8(4-5-15)9-6-11-12(7-10(9)14)17-13(2,3)16-11/h5-8H,4H2,1-3H3. The number of rotatable bonds is 3. The molecule has 0 spiro atoms. The lowest BCUT2D eigenvalue weighted by molar-refractivity contribution is -0.108. The second-order valence-corrected chi connectivity index (χ2v) is 5.58. The van der Waals surface area contributed by atoms with Gasteiger partial charge in [0.15, 0.2) is 11.5 Å². The van der Waals surface area contributed by atoms with Crippen molar-refractivity contribution in [2.24, 2.45) is 0 Å². The smallest absolute Gasteiger partial charge is 0.246 e. The molecule has 17 heavy (non-hydrogen) atoms. The van der Waals surface area contributed by atoms with Crippen LogP contribution < -0.4 is 9.47 Å². The van der Waals surface area contributed by atoms with E-state index < -0.39 is 5.79 Å². The summed E-state index contributed by atoms with van der Waals surface area (Å²) in [6.45, 7) is 5.76. The highest BCUT2D eigenvalue weighted by Gasteiger charge is 2.32. The molecule has 0 radical (unpaired) electrons. The summed E-state index contributed by atoms with van der Waals surface area (Å²) in [5.41, 5.74) is 1.07. The maximum atomic E-state index is 10.6. The summed E-state index contributed by atoms with van der Waals surface area (Å²) < 4.78 is 12.3. The second kappa shape index (κ2) is 4.33. The van der Waals surface area contributed by atoms with Gasteiger partial charge in [-0.2, -0.15) is 0 Å². The van der Waals surface area contributed by atoms with Crippen molar-refractivity contribution < 1.29 is 14.3 Å². The molecule has 1 heterocycles. The monoisotopic (exact) mass is 298 g/mol. The molecule has 1 aliphatic rings. The summed E-state index contributed by atoms with van der Waals surface area (Å²) in [5, 5.41) is 0. The first-order valence-corrected chi connectivity index (χ1v) is 6.37. The Labute approximate surface area is 109 Å². The Balaban J connectivity index is 2.36. The van der Waals surface area contributed by atoms with E-state index in [0.717, 1.165) is 27.8 Å². The predicted molar refractivity (Wildman–Crippen MR) is 68.6 cm³/mol. The van der Waals surface area contributed by atoms with Crippen LogP contribution in [-0.2, 0) is 4.79 Å². The largest absolute Gasteiger partial charge is 0.449 e. The number of ether oxygens (including phenoxy) is 2. The number of hydrogen-bond donors (Lipinski definition) is 0. The first-order valence-electron chi connectivity index (χ1n) is 5.58. The van der Waals surface area contributed by atoms with Crippen molar-refractivity contribution in [3.05, 3.63) is 22.2 Å². The number of hydrogen-bond acceptors (Lipinski definition) is 3. The summed E-state index contributed by atoms with van der Waals surface area (Å²) in [4.78, 5) is 10.6. The van der Waals surface area contributed by atoms with Gasteiger partial charge < -0.3 is 14.3 Å². The van der Waals surface area contributed by atoms with Crippen molar-refractivity contribution in [2.45, 2.75) is 38.9 Å². The van der Waals surface area contributed by atoms with Crippen LogP contribution in [0.5, 0.6) is 11.5 Å². The number of fused-ring (bicyclic) bond motifs is 1. The van der Waals surface area contributed by atoms with E-state index in [1.54, 1.807) is 0 Å². The molecule has 1 aromatic rings. The van der Waals surface area contributed by atoms with Crippen molar-refractivity contribution in [1.29, 1.82) is 0 Å². The third-order valence-electron chi connectivity index (χ3n) is 2.76. The molecule has 2 rings (SSSR count). The van der Waals surface area contributed by atoms with Crippen molar-refractivity contribution in [3.8, 4) is 11.5 Å². The average molecular weight is 299 g/mol. The fourth-order valence-corrected chi connectivity index (χ4v) is 2.62. The molecule has 0 saturated carbocycles. The Morgan fingerprint density at radius 3 is 2.53 bits per heavy atom. The van der Waals surface area contributed by atoms with Gasteiger partial charge in [0.25, 0.3) is 0 Å². The molecule has 0 saturated heterocycles. The summed E-state index contributed by atoms with van der Waals surface area (Å²) in [5.74, 6) is 1.03. The van der Waals surface area contributed by atoms with Crippen LogP contribution in [0.25, 0.3) is 0 Å². The minimum atomic E-state index is -0.617. The molecule has 0 bridgehead atoms. The lowest BCUT2D eigenvalue weighted by atomic mass is 9.98. The van der Waals surface area contributed by atoms with Gasteiger partial charge in [-0.1, -0.05) is 22.9 Å². The average Bonchev–Trinajstić information content (AvgIpc) is 2.50. The van der Waals surface area contributed by atoms with Crippen molar-refractivity contribution >= 4 is 22.2 Å². The first-order chi connectivity index (χ1) is 7.93. The molecule has 1 aliphatic heterocycles. The van der Waals surface area contributed by atoms with E-state index in [-0.39, 0.29) is 5.92 Å². The molecule has 0 amide bonds. The van der Waals surface area contributed by atoms with Gasteiger partial charge in [-0.3, -0.25) is 0 Å². The molecule has 1 atom stereocenters. The van der Waals surface area contributed by atoms with Gasteiger partial charge in [0, 0.05) is 24.7 Å². The first kappa shape index (κ1) is 12.4. The summed E-state index contributed by atoms with van der Waals surface area (Å²) in [6, 6.07) is 3.85. The van der Waals surface area contributed by atoms with Crippen LogP contribution in [0.2, 0.25) is 0 Å². The van der Waals surface area contributed by atoms with Gasteiger partial charge in [-0.25, -0.2) is 0 Å². The second-order valence-electron chi connectivity index (χ2n) is 4.73. The van der Waals surface area contributed by atoms with Gasteiger partial charge >= 0.3 is 0 Å². The SMILES string of the molecule is CC(CC=O)c1cc2c(cc1Br)OC(C)(C)O2. The normalized spacial score (nSPS) is 17.9. The van der Waals surface area contributed by atoms with Gasteiger partial charge in [-0.05, 0) is 23.6 Å². The van der Waals surface area contributed by atoms with Crippen LogP contribution in [0.3, 0.4) is 0 Å². The molecule has 0 N–H and O–H groups in total. The van der Waals surface area contributed by atoms with Gasteiger partial charge in [0.1, 0.15) is 6.29 Å². The molecule has 0 fully saturated rings. The zero-order chi connectivity index (χ0) is 12.6. The molecule has 3 nitrogen and oxygen atoms in total. The van der Waals surface area contributed by atoms with E-state index in [1.807, 2.05) is 32.9 Å². The third kappa shape index (κ3) is 2.46. The minimum Gasteiger partial charge on any atom is -0.449 e. The Morgan fingerprint density at radius 1 is 1.35 bits per heavy atom. The Kier molecular flexibility index (Phi) is 3.17. The van der Waals surface area contributed by atoms with E-state index >= 15 is 0 Å². The number of carbonyl (C=O) groups is 1. The van der Waals surface area contributed by atoms with Crippen LogP contribution in [0, 0.1) is 0 Å². The molecular weight excluding hydrogens is 284 g/mol. The Bertz CT molecular complexity index is 454. The molecule has 4 heteroatoms. The molecule has 92 valence electrons. The maximum absolute atomic E-state index is 10.6. The van der Waals surface area contributed by atoms with E-state index in [0.29, 0.717) is 6.42 Å². The summed E-state index contributed by atoms with van der Waals surface area (Å²) in [7, 11) is 0. The van der Waals surface area contributed by atoms with E-state index in [2.05, 4.69) is 15.9 Å². The van der Waals surface area contributed by atoms with E-state index in [4.69, 9.17) is 9.47 Å². The van der Waals surface area contributed by atoms with Crippen molar-refractivity contribution in [1.82, 2.24) is 0 Å². The zero-order valence-electron chi connectivity index (χ0n) is 10.1. The zero-order valence-corrected chi connectivity index (χ0v) is 11.7. The quantitative estimate of drug-likeness (QED) is 0.799. The molecule has 0 aromatic heterocycles. The number of aldehydes is 1. The topological polar surface area (TPSA) is 35.5 Å². The Morgan fingerprint density at radius 2 is 1.94 bits per heavy atom. The third-order valence-corrected chi connectivity index (χ3v) is 3.44. The molecule has 1 unspecified atom stereocenters. The summed E-state index contributed by atoms with van der Waals surface area (Å²) >= 11 is 3.51. The number of carbonyl (C=O) groups excluding carboxylic acids is 1. The van der Waals surface area contributed by atoms with Crippen LogP contribution in [-0.4, -0.2) is 12.1 Å². The van der Waals surface area contributed by atoms with Crippen LogP contribution in [0.4, 0.5) is 0 Å². The molecule has 0 aliphatic carbocycles. The highest BCUT2D eigenvalue weighted by atomic mass is 79.9. The fraction of sp³-hybridized carbons (Fsp3) is 0.462. The van der Waals surface area contributed by atoms with Crippen LogP contribution in [0.1, 0.15) is 38.7 Å². The van der Waals surface area contributed by atoms with Crippen molar-refractivity contribution in [2.75, 3.05) is 0 Å². The van der Waals surface area contributed by atoms with Gasteiger partial charge in [0.2, 0.25) is 5.79 Å². The Hall–Kier alpha value is -1.03. The minimum absolute atomic E-state index is 0.166. The van der Waals surface area contributed by atoms with Gasteiger partial charge in [0.05, 0.1) is 0 Å². The van der Waals surface area contributed by atoms with Crippen LogP contribution >= 0.6 is 15.9 Å². The lowest BCUT2D eigenvalue weighted by Gasteiger charge is -2.16. The van der Waals surface area contributed by atoms with E-state index in [1.165, 1.54) is 0 Å². The van der Waals surface area contributed by atoms with Crippen molar-refractivity contribution in [3.63, 3.8) is 0 Å². The molecular formula is C13H15BrO3. The van der Waals surface area contributed by atoms with Crippen LogP contribution in [0.15, 0.2) is 16.6 Å². The highest BCUT2D eigenvalue weighted by Crippen LogP contribution is 2.44. The predicted octanol–water partition coefficient (Wildman–Crippen LogP) is 3.65. The number of benzene rings is 1. The lowest BCUT2D eigenvalue weighted by Crippen LogP contribution is -2.29. The summed E-state index contributed by atoms with van der Waals surface area (Å²) in [6.07, 6.45) is 1.44. The number of halogens is 1.